The van der Waals surface area contributed by atoms with E-state index >= 15 is 0 Å². The molecule has 10 heteroatoms. The van der Waals surface area contributed by atoms with Gasteiger partial charge in [0.1, 0.15) is 5.76 Å². The zero-order chi connectivity index (χ0) is 34.1. The highest BCUT2D eigenvalue weighted by Gasteiger charge is 2.72. The van der Waals surface area contributed by atoms with Crippen molar-refractivity contribution < 1.29 is 42.4 Å². The van der Waals surface area contributed by atoms with Crippen LogP contribution in [0.1, 0.15) is 121 Å². The quantitative estimate of drug-likeness (QED) is 0.0801. The molecule has 1 aromatic carbocycles. The van der Waals surface area contributed by atoms with Gasteiger partial charge < -0.3 is 24.6 Å². The van der Waals surface area contributed by atoms with Crippen LogP contribution in [0.2, 0.25) is 0 Å². The van der Waals surface area contributed by atoms with Crippen LogP contribution < -0.4 is 4.74 Å². The number of phenolic OH excluding ortho intramolecular Hbond substituents is 1. The summed E-state index contributed by atoms with van der Waals surface area (Å²) in [4.78, 5) is 23.8. The molecule has 1 saturated heterocycles. The second-order valence-corrected chi connectivity index (χ2v) is 13.6. The first-order valence-electron chi connectivity index (χ1n) is 17.5. The largest absolute Gasteiger partial charge is 0.504 e. The lowest BCUT2D eigenvalue weighted by molar-refractivity contribution is -0.169. The van der Waals surface area contributed by atoms with Gasteiger partial charge in [0, 0.05) is 24.4 Å². The number of alkyl halides is 3. The number of piperidine rings is 1. The Hall–Kier alpha value is -2.85. The summed E-state index contributed by atoms with van der Waals surface area (Å²) in [6, 6.07) is 3.60. The molecule has 1 aromatic rings. The summed E-state index contributed by atoms with van der Waals surface area (Å²) >= 11 is 0. The second-order valence-electron chi connectivity index (χ2n) is 13.6. The Balaban J connectivity index is 0.000000762. The lowest BCUT2D eigenvalue weighted by atomic mass is 9.50. The topological polar surface area (TPSA) is 96.3 Å². The van der Waals surface area contributed by atoms with Crippen molar-refractivity contribution >= 4 is 12.3 Å². The summed E-state index contributed by atoms with van der Waals surface area (Å²) in [5, 5.41) is 22.8. The number of aromatic hydroxyl groups is 1. The Morgan fingerprint density at radius 1 is 1.04 bits per heavy atom. The van der Waals surface area contributed by atoms with Crippen LogP contribution in [0.4, 0.5) is 13.2 Å². The summed E-state index contributed by atoms with van der Waals surface area (Å²) in [6.45, 7) is 3.08. The summed E-state index contributed by atoms with van der Waals surface area (Å²) in [5.74, 6) is 0.806. The minimum Gasteiger partial charge on any atom is -0.504 e. The fourth-order valence-corrected chi connectivity index (χ4v) is 7.96. The third-order valence-electron chi connectivity index (χ3n) is 10.4. The van der Waals surface area contributed by atoms with E-state index in [0.29, 0.717) is 37.2 Å². The van der Waals surface area contributed by atoms with Crippen molar-refractivity contribution in [1.82, 2.24) is 4.90 Å². The molecule has 7 nitrogen and oxygen atoms in total. The van der Waals surface area contributed by atoms with E-state index in [-0.39, 0.29) is 17.8 Å². The Morgan fingerprint density at radius 3 is 2.30 bits per heavy atom. The molecule has 2 N–H and O–H groups in total. The van der Waals surface area contributed by atoms with Crippen molar-refractivity contribution in [1.29, 1.82) is 0 Å². The first kappa shape index (κ1) is 37.0. The highest BCUT2D eigenvalue weighted by atomic mass is 19.4. The lowest BCUT2D eigenvalue weighted by Gasteiger charge is -2.61. The van der Waals surface area contributed by atoms with Crippen LogP contribution in [0.25, 0.3) is 0 Å². The van der Waals surface area contributed by atoms with Crippen molar-refractivity contribution in [2.75, 3.05) is 13.6 Å². The van der Waals surface area contributed by atoms with Crippen molar-refractivity contribution in [3.8, 4) is 11.5 Å². The van der Waals surface area contributed by atoms with Gasteiger partial charge in [-0.3, -0.25) is 9.59 Å². The number of nitrogens with zero attached hydrogens (tertiary/aromatic N) is 1. The molecule has 1 fully saturated rings. The lowest BCUT2D eigenvalue weighted by Crippen LogP contribution is -2.74. The molecule has 2 heterocycles. The number of carbonyl (C=O) groups excluding carboxylic acids is 2. The van der Waals surface area contributed by atoms with Crippen LogP contribution in [0.3, 0.4) is 0 Å². The molecule has 0 amide bonds. The smallest absolute Gasteiger partial charge is 0.446 e. The molecule has 47 heavy (non-hydrogen) atoms. The summed E-state index contributed by atoms with van der Waals surface area (Å²) in [7, 11) is 2.07. The average molecular weight is 664 g/mol. The number of carbonyl (C=O) groups is 2. The maximum Gasteiger partial charge on any atom is 0.446 e. The molecule has 2 aliphatic heterocycles. The molecule has 0 aromatic heterocycles. The van der Waals surface area contributed by atoms with Gasteiger partial charge in [-0.15, -0.1) is 0 Å². The fraction of sp³-hybridized carbons (Fsp3) is 0.676. The molecule has 2 aliphatic carbocycles. The highest BCUT2D eigenvalue weighted by Crippen LogP contribution is 2.65. The minimum atomic E-state index is -4.64. The highest BCUT2D eigenvalue weighted by molar-refractivity contribution is 5.71. The van der Waals surface area contributed by atoms with Gasteiger partial charge in [-0.25, -0.2) is 0 Å². The molecule has 0 saturated carbocycles. The van der Waals surface area contributed by atoms with Gasteiger partial charge in [-0.1, -0.05) is 76.5 Å². The molecule has 0 unspecified atom stereocenters. The minimum absolute atomic E-state index is 0.0466. The number of rotatable bonds is 16. The molecule has 5 rings (SSSR count). The molecule has 262 valence electrons. The van der Waals surface area contributed by atoms with E-state index in [1.165, 1.54) is 57.8 Å². The van der Waals surface area contributed by atoms with Crippen LogP contribution in [-0.4, -0.2) is 64.9 Å². The molecular formula is C37H52F3NO6. The Labute approximate surface area is 277 Å². The predicted octanol–water partition coefficient (Wildman–Crippen LogP) is 8.00. The van der Waals surface area contributed by atoms with Gasteiger partial charge in [0.2, 0.25) is 6.29 Å². The standard InChI is InChI=1S/C35H51NO5.C2HF3O/c1-3-4-5-6-7-8-9-10-11-12-13-14-15-16-17-18-30(38)40-28-21-22-35(39)29-25-26-19-20-27(37)32-31(26)34(35,33(28)41-32)23-24-36(29)2;3-2(4,5)1-6/h10-11,19-21,29,33,37,39H,3-9,12-18,22-25H2,1-2H3;1H/b11-10-;/t29-,33+,34+,35-;/m1./s1. The summed E-state index contributed by atoms with van der Waals surface area (Å²) in [6.07, 6.45) is 18.3. The van der Waals surface area contributed by atoms with Gasteiger partial charge in [-0.05, 0) is 76.2 Å². The number of unbranched alkanes of at least 4 members (excludes halogenated alkanes) is 11. The Morgan fingerprint density at radius 2 is 1.66 bits per heavy atom. The number of esters is 1. The first-order chi connectivity index (χ1) is 22.5. The van der Waals surface area contributed by atoms with Crippen LogP contribution in [0, 0.1) is 0 Å². The van der Waals surface area contributed by atoms with Gasteiger partial charge >= 0.3 is 12.1 Å². The normalized spacial score (nSPS) is 25.8. The number of likely N-dealkylation sites (tertiary alicyclic amines) is 1. The molecule has 4 atom stereocenters. The van der Waals surface area contributed by atoms with E-state index in [9.17, 15) is 28.2 Å². The van der Waals surface area contributed by atoms with E-state index in [0.717, 1.165) is 43.4 Å². The predicted molar refractivity (Wildman–Crippen MR) is 174 cm³/mol. The molecular weight excluding hydrogens is 611 g/mol. The maximum atomic E-state index is 12.9. The van der Waals surface area contributed by atoms with Crippen molar-refractivity contribution in [2.45, 2.75) is 145 Å². The number of benzene rings is 1. The number of allylic oxidation sites excluding steroid dienone is 2. The van der Waals surface area contributed by atoms with Gasteiger partial charge in [-0.2, -0.15) is 13.2 Å². The third-order valence-corrected chi connectivity index (χ3v) is 10.4. The maximum absolute atomic E-state index is 12.9. The summed E-state index contributed by atoms with van der Waals surface area (Å²) < 4.78 is 43.6. The molecule has 4 aliphatic rings. The van der Waals surface area contributed by atoms with Crippen molar-refractivity contribution in [3.63, 3.8) is 0 Å². The van der Waals surface area contributed by atoms with E-state index in [2.05, 4.69) is 31.0 Å². The Kier molecular flexibility index (Phi) is 13.0. The molecule has 1 spiro atoms. The fourth-order valence-electron chi connectivity index (χ4n) is 7.96. The number of likely N-dealkylation sites (N-methyl/N-ethyl adjacent to an activating group) is 1. The zero-order valence-electron chi connectivity index (χ0n) is 28.0. The van der Waals surface area contributed by atoms with E-state index < -0.39 is 29.6 Å². The van der Waals surface area contributed by atoms with Crippen LogP contribution >= 0.6 is 0 Å². The average Bonchev–Trinajstić information content (AvgIpc) is 3.40. The number of aliphatic hydroxyl groups is 1. The van der Waals surface area contributed by atoms with E-state index in [1.54, 1.807) is 6.07 Å². The zero-order valence-corrected chi connectivity index (χ0v) is 28.0. The summed E-state index contributed by atoms with van der Waals surface area (Å²) in [5.41, 5.74) is 0.297. The number of halogens is 3. The van der Waals surface area contributed by atoms with Crippen molar-refractivity contribution in [2.24, 2.45) is 0 Å². The SMILES string of the molecule is CCCCCCCC/C=C\CCCCCCCC(=O)OC1=CC[C@@]2(O)[C@H]3Cc4ccc(O)c5c4[C@@]2(CCN3C)[C@H]1O5.O=CC(F)(F)F. The molecule has 0 radical (unpaired) electrons. The van der Waals surface area contributed by atoms with E-state index in [4.69, 9.17) is 14.3 Å². The first-order valence-corrected chi connectivity index (χ1v) is 17.5. The van der Waals surface area contributed by atoms with Crippen LogP contribution in [0.5, 0.6) is 11.5 Å². The third kappa shape index (κ3) is 8.42. The molecule has 2 bridgehead atoms. The Bertz CT molecular complexity index is 1280. The van der Waals surface area contributed by atoms with Gasteiger partial charge in [0.05, 0.1) is 11.0 Å². The number of ether oxygens (including phenoxy) is 2. The number of hydrogen-bond donors (Lipinski definition) is 2. The number of phenols is 1. The number of hydrogen-bond acceptors (Lipinski definition) is 7. The van der Waals surface area contributed by atoms with Crippen molar-refractivity contribution in [3.05, 3.63) is 47.2 Å². The monoisotopic (exact) mass is 663 g/mol. The second kappa shape index (κ2) is 16.5. The van der Waals surface area contributed by atoms with Gasteiger partial charge in [0.15, 0.2) is 17.6 Å². The van der Waals surface area contributed by atoms with E-state index in [1.807, 2.05) is 12.1 Å². The van der Waals surface area contributed by atoms with Gasteiger partial charge in [0.25, 0.3) is 0 Å². The number of aldehydes is 1. The van der Waals surface area contributed by atoms with Crippen LogP contribution in [0.15, 0.2) is 36.1 Å². The van der Waals surface area contributed by atoms with Crippen LogP contribution in [-0.2, 0) is 26.2 Å².